The van der Waals surface area contributed by atoms with Crippen molar-refractivity contribution in [1.29, 1.82) is 0 Å². The highest BCUT2D eigenvalue weighted by Crippen LogP contribution is 2.23. The van der Waals surface area contributed by atoms with Crippen LogP contribution >= 0.6 is 0 Å². The zero-order valence-electron chi connectivity index (χ0n) is 14.8. The predicted molar refractivity (Wildman–Crippen MR) is 99.8 cm³/mol. The molecule has 0 fully saturated rings. The van der Waals surface area contributed by atoms with E-state index in [0.717, 1.165) is 11.1 Å². The minimum atomic E-state index is -0.800. The molecule has 0 radical (unpaired) electrons. The molecule has 4 heteroatoms. The van der Waals surface area contributed by atoms with Crippen molar-refractivity contribution in [2.24, 2.45) is 0 Å². The Balaban J connectivity index is 2.19. The highest BCUT2D eigenvalue weighted by Gasteiger charge is 2.22. The fraction of sp³-hybridized carbons (Fsp3) is 0.136. The molecule has 1 aromatic heterocycles. The molecule has 0 N–H and O–H groups in total. The van der Waals surface area contributed by atoms with Crippen LogP contribution in [0.4, 0.5) is 0 Å². The minimum Gasteiger partial charge on any atom is -0.422 e. The fourth-order valence-corrected chi connectivity index (χ4v) is 2.73. The number of carbonyl (C=O) groups is 2. The van der Waals surface area contributed by atoms with Gasteiger partial charge in [0.15, 0.2) is 11.6 Å². The van der Waals surface area contributed by atoms with Crippen molar-refractivity contribution in [2.45, 2.75) is 20.8 Å². The van der Waals surface area contributed by atoms with E-state index < -0.39 is 11.4 Å². The summed E-state index contributed by atoms with van der Waals surface area (Å²) in [6.45, 7) is 5.12. The normalized spacial score (nSPS) is 10.6. The van der Waals surface area contributed by atoms with E-state index in [0.29, 0.717) is 11.1 Å². The third-order valence-electron chi connectivity index (χ3n) is 4.20. The van der Waals surface area contributed by atoms with E-state index in [-0.39, 0.29) is 22.7 Å². The standard InChI is InChI=1S/C22H18O4/c1-13-4-8-16(9-5-13)19-12-18(20(15(3)23)22(25)26-19)21(24)17-10-6-14(2)7-11-17/h4-12H,1-3H3. The van der Waals surface area contributed by atoms with Gasteiger partial charge in [-0.25, -0.2) is 4.79 Å². The summed E-state index contributed by atoms with van der Waals surface area (Å²) in [4.78, 5) is 37.3. The lowest BCUT2D eigenvalue weighted by Crippen LogP contribution is -2.19. The second-order valence-corrected chi connectivity index (χ2v) is 6.30. The maximum atomic E-state index is 12.9. The molecule has 130 valence electrons. The SMILES string of the molecule is CC(=O)c1c(C(=O)c2ccc(C)cc2)cc(-c2ccc(C)cc2)oc1=O. The Bertz CT molecular complexity index is 1040. The fourth-order valence-electron chi connectivity index (χ4n) is 2.73. The summed E-state index contributed by atoms with van der Waals surface area (Å²) in [7, 11) is 0. The molecule has 0 bridgehead atoms. The molecule has 0 unspecified atom stereocenters. The van der Waals surface area contributed by atoms with E-state index in [1.165, 1.54) is 13.0 Å². The van der Waals surface area contributed by atoms with Crippen LogP contribution in [0.5, 0.6) is 0 Å². The van der Waals surface area contributed by atoms with Gasteiger partial charge in [-0.15, -0.1) is 0 Å². The molecule has 0 aliphatic rings. The quantitative estimate of drug-likeness (QED) is 0.659. The van der Waals surface area contributed by atoms with Crippen LogP contribution in [0.3, 0.4) is 0 Å². The van der Waals surface area contributed by atoms with Crippen LogP contribution in [0.2, 0.25) is 0 Å². The van der Waals surface area contributed by atoms with Crippen molar-refractivity contribution in [1.82, 2.24) is 0 Å². The lowest BCUT2D eigenvalue weighted by molar-refractivity contribution is 0.0986. The lowest BCUT2D eigenvalue weighted by Gasteiger charge is -2.08. The van der Waals surface area contributed by atoms with Crippen LogP contribution in [0, 0.1) is 13.8 Å². The first kappa shape index (κ1) is 17.5. The van der Waals surface area contributed by atoms with Crippen molar-refractivity contribution in [2.75, 3.05) is 0 Å². The number of ketones is 2. The largest absolute Gasteiger partial charge is 0.422 e. The number of benzene rings is 2. The van der Waals surface area contributed by atoms with Gasteiger partial charge in [0.1, 0.15) is 11.3 Å². The van der Waals surface area contributed by atoms with Crippen molar-refractivity contribution < 1.29 is 14.0 Å². The monoisotopic (exact) mass is 346 g/mol. The second-order valence-electron chi connectivity index (χ2n) is 6.30. The van der Waals surface area contributed by atoms with E-state index >= 15 is 0 Å². The molecule has 4 nitrogen and oxygen atoms in total. The first-order valence-corrected chi connectivity index (χ1v) is 8.24. The number of Topliss-reactive ketones (excluding diaryl/α,β-unsaturated/α-hetero) is 1. The molecular formula is C22H18O4. The Kier molecular flexibility index (Phi) is 4.67. The molecule has 1 heterocycles. The van der Waals surface area contributed by atoms with Crippen molar-refractivity contribution in [3.63, 3.8) is 0 Å². The third-order valence-corrected chi connectivity index (χ3v) is 4.20. The van der Waals surface area contributed by atoms with Crippen molar-refractivity contribution in [3.05, 3.63) is 92.8 Å². The van der Waals surface area contributed by atoms with Gasteiger partial charge < -0.3 is 4.42 Å². The smallest absolute Gasteiger partial charge is 0.347 e. The average Bonchev–Trinajstić information content (AvgIpc) is 2.61. The number of rotatable bonds is 4. The summed E-state index contributed by atoms with van der Waals surface area (Å²) in [6, 6.07) is 15.8. The van der Waals surface area contributed by atoms with Gasteiger partial charge in [-0.05, 0) is 26.8 Å². The van der Waals surface area contributed by atoms with E-state index in [9.17, 15) is 14.4 Å². The maximum absolute atomic E-state index is 12.9. The summed E-state index contributed by atoms with van der Waals surface area (Å²) >= 11 is 0. The van der Waals surface area contributed by atoms with Gasteiger partial charge in [-0.3, -0.25) is 9.59 Å². The minimum absolute atomic E-state index is 0.0631. The Morgan fingerprint density at radius 1 is 0.846 bits per heavy atom. The van der Waals surface area contributed by atoms with E-state index in [4.69, 9.17) is 4.42 Å². The molecule has 0 saturated heterocycles. The van der Waals surface area contributed by atoms with E-state index in [2.05, 4.69) is 0 Å². The van der Waals surface area contributed by atoms with Crippen molar-refractivity contribution >= 4 is 11.6 Å². The van der Waals surface area contributed by atoms with Crippen LogP contribution in [0.1, 0.15) is 44.3 Å². The van der Waals surface area contributed by atoms with Crippen LogP contribution < -0.4 is 5.63 Å². The molecule has 0 aliphatic heterocycles. The van der Waals surface area contributed by atoms with Gasteiger partial charge in [-0.1, -0.05) is 59.7 Å². The molecule has 26 heavy (non-hydrogen) atoms. The highest BCUT2D eigenvalue weighted by atomic mass is 16.4. The van der Waals surface area contributed by atoms with E-state index in [1.807, 2.05) is 38.1 Å². The zero-order chi connectivity index (χ0) is 18.8. The molecule has 0 amide bonds. The topological polar surface area (TPSA) is 64.3 Å². The van der Waals surface area contributed by atoms with Gasteiger partial charge >= 0.3 is 5.63 Å². The summed E-state index contributed by atoms with van der Waals surface area (Å²) in [6.07, 6.45) is 0. The van der Waals surface area contributed by atoms with Gasteiger partial charge in [0, 0.05) is 16.7 Å². The van der Waals surface area contributed by atoms with Gasteiger partial charge in [-0.2, -0.15) is 0 Å². The number of carbonyl (C=O) groups excluding carboxylic acids is 2. The summed E-state index contributed by atoms with van der Waals surface area (Å²) < 4.78 is 5.31. The Morgan fingerprint density at radius 3 is 1.92 bits per heavy atom. The number of hydrogen-bond donors (Lipinski definition) is 0. The van der Waals surface area contributed by atoms with Crippen LogP contribution in [-0.4, -0.2) is 11.6 Å². The van der Waals surface area contributed by atoms with E-state index in [1.54, 1.807) is 24.3 Å². The Morgan fingerprint density at radius 2 is 1.38 bits per heavy atom. The molecular weight excluding hydrogens is 328 g/mol. The Labute approximate surface area is 151 Å². The first-order valence-electron chi connectivity index (χ1n) is 8.24. The summed E-state index contributed by atoms with van der Waals surface area (Å²) in [5.41, 5.74) is 2.21. The predicted octanol–water partition coefficient (Wildman–Crippen LogP) is 4.36. The second kappa shape index (κ2) is 6.92. The van der Waals surface area contributed by atoms with Crippen LogP contribution in [-0.2, 0) is 0 Å². The molecule has 0 atom stereocenters. The highest BCUT2D eigenvalue weighted by molar-refractivity contribution is 6.15. The molecule has 2 aromatic carbocycles. The van der Waals surface area contributed by atoms with Gasteiger partial charge in [0.2, 0.25) is 0 Å². The third kappa shape index (κ3) is 3.40. The van der Waals surface area contributed by atoms with Crippen molar-refractivity contribution in [3.8, 4) is 11.3 Å². The lowest BCUT2D eigenvalue weighted by atomic mass is 9.96. The Hall–Kier alpha value is -3.27. The van der Waals surface area contributed by atoms with Crippen LogP contribution in [0.25, 0.3) is 11.3 Å². The summed E-state index contributed by atoms with van der Waals surface area (Å²) in [5, 5.41) is 0. The molecule has 0 saturated carbocycles. The molecule has 0 aliphatic carbocycles. The average molecular weight is 346 g/mol. The number of aryl methyl sites for hydroxylation is 2. The summed E-state index contributed by atoms with van der Waals surface area (Å²) in [5.74, 6) is -0.614. The molecule has 3 rings (SSSR count). The zero-order valence-corrected chi connectivity index (χ0v) is 14.8. The van der Waals surface area contributed by atoms with Gasteiger partial charge in [0.05, 0.1) is 0 Å². The maximum Gasteiger partial charge on any atom is 0.347 e. The first-order chi connectivity index (χ1) is 12.4. The number of hydrogen-bond acceptors (Lipinski definition) is 4. The van der Waals surface area contributed by atoms with Gasteiger partial charge in [0.25, 0.3) is 0 Å². The molecule has 3 aromatic rings. The van der Waals surface area contributed by atoms with Crippen LogP contribution in [0.15, 0.2) is 63.8 Å². The molecule has 0 spiro atoms.